The maximum atomic E-state index is 12.9. The van der Waals surface area contributed by atoms with E-state index in [1.54, 1.807) is 42.5 Å². The molecule has 0 aliphatic rings. The number of hydrogen-bond donors (Lipinski definition) is 1. The number of anilines is 1. The molecule has 0 radical (unpaired) electrons. The van der Waals surface area contributed by atoms with Crippen molar-refractivity contribution in [2.75, 3.05) is 12.4 Å². The molecule has 5 aromatic rings. The standard InChI is InChI=1S/C25H17NO4/c1-29-21-11-5-10-20-23(27)19-13-12-16(14-22(19)30-24(20)21)26-25(28)18-9-4-7-15-6-2-3-8-17(15)18/h2-14H,1H3,(H,26,28). The highest BCUT2D eigenvalue weighted by atomic mass is 16.5. The minimum Gasteiger partial charge on any atom is -0.493 e. The van der Waals surface area contributed by atoms with Crippen LogP contribution in [0.15, 0.2) is 88.1 Å². The fourth-order valence-corrected chi connectivity index (χ4v) is 3.71. The van der Waals surface area contributed by atoms with Crippen LogP contribution in [0.25, 0.3) is 32.7 Å². The lowest BCUT2D eigenvalue weighted by molar-refractivity contribution is 0.102. The molecular weight excluding hydrogens is 378 g/mol. The summed E-state index contributed by atoms with van der Waals surface area (Å²) in [6, 6.07) is 23.6. The zero-order valence-electron chi connectivity index (χ0n) is 16.1. The Balaban J connectivity index is 1.59. The average Bonchev–Trinajstić information content (AvgIpc) is 2.78. The number of fused-ring (bicyclic) bond motifs is 3. The largest absolute Gasteiger partial charge is 0.493 e. The van der Waals surface area contributed by atoms with Crippen LogP contribution in [0.4, 0.5) is 5.69 Å². The number of hydrogen-bond acceptors (Lipinski definition) is 4. The molecule has 0 spiro atoms. The summed E-state index contributed by atoms with van der Waals surface area (Å²) in [7, 11) is 1.53. The summed E-state index contributed by atoms with van der Waals surface area (Å²) in [4.78, 5) is 25.8. The van der Waals surface area contributed by atoms with Gasteiger partial charge in [-0.3, -0.25) is 9.59 Å². The molecule has 146 valence electrons. The van der Waals surface area contributed by atoms with Crippen molar-refractivity contribution in [3.63, 3.8) is 0 Å². The first-order valence-corrected chi connectivity index (χ1v) is 9.48. The molecule has 0 bridgehead atoms. The maximum absolute atomic E-state index is 12.9. The van der Waals surface area contributed by atoms with Gasteiger partial charge in [-0.2, -0.15) is 0 Å². The minimum atomic E-state index is -0.230. The van der Waals surface area contributed by atoms with Crippen molar-refractivity contribution in [3.05, 3.63) is 94.6 Å². The van der Waals surface area contributed by atoms with Gasteiger partial charge < -0.3 is 14.5 Å². The lowest BCUT2D eigenvalue weighted by atomic mass is 10.0. The number of carbonyl (C=O) groups excluding carboxylic acids is 1. The van der Waals surface area contributed by atoms with E-state index in [-0.39, 0.29) is 11.3 Å². The SMILES string of the molecule is COc1cccc2c(=O)c3ccc(NC(=O)c4cccc5ccccc45)cc3oc12. The summed E-state index contributed by atoms with van der Waals surface area (Å²) >= 11 is 0. The topological polar surface area (TPSA) is 68.5 Å². The van der Waals surface area contributed by atoms with Crippen molar-refractivity contribution in [2.24, 2.45) is 0 Å². The minimum absolute atomic E-state index is 0.142. The summed E-state index contributed by atoms with van der Waals surface area (Å²) in [6.07, 6.45) is 0. The summed E-state index contributed by atoms with van der Waals surface area (Å²) in [5.74, 6) is 0.253. The van der Waals surface area contributed by atoms with Crippen molar-refractivity contribution in [1.29, 1.82) is 0 Å². The molecule has 5 nitrogen and oxygen atoms in total. The van der Waals surface area contributed by atoms with Crippen LogP contribution in [-0.2, 0) is 0 Å². The fraction of sp³-hybridized carbons (Fsp3) is 0.0400. The van der Waals surface area contributed by atoms with Gasteiger partial charge in [0, 0.05) is 17.3 Å². The second kappa shape index (κ2) is 7.04. The Hall–Kier alpha value is -4.12. The summed E-state index contributed by atoms with van der Waals surface area (Å²) in [6.45, 7) is 0. The number of para-hydroxylation sites is 1. The molecule has 0 saturated heterocycles. The molecule has 1 N–H and O–H groups in total. The molecular formula is C25H17NO4. The molecule has 0 aliphatic heterocycles. The van der Waals surface area contributed by atoms with Gasteiger partial charge in [0.05, 0.1) is 17.9 Å². The molecule has 5 rings (SSSR count). The summed E-state index contributed by atoms with van der Waals surface area (Å²) in [5, 5.41) is 5.67. The summed E-state index contributed by atoms with van der Waals surface area (Å²) < 4.78 is 11.3. The third kappa shape index (κ3) is 2.88. The third-order valence-electron chi connectivity index (χ3n) is 5.17. The first-order chi connectivity index (χ1) is 14.7. The van der Waals surface area contributed by atoms with E-state index in [4.69, 9.17) is 9.15 Å². The first-order valence-electron chi connectivity index (χ1n) is 9.48. The van der Waals surface area contributed by atoms with Gasteiger partial charge in [0.1, 0.15) is 5.58 Å². The van der Waals surface area contributed by atoms with Gasteiger partial charge >= 0.3 is 0 Å². The van der Waals surface area contributed by atoms with Crippen LogP contribution in [0.1, 0.15) is 10.4 Å². The molecule has 30 heavy (non-hydrogen) atoms. The van der Waals surface area contributed by atoms with Crippen LogP contribution in [0, 0.1) is 0 Å². The van der Waals surface area contributed by atoms with Gasteiger partial charge in [-0.25, -0.2) is 0 Å². The number of methoxy groups -OCH3 is 1. The fourth-order valence-electron chi connectivity index (χ4n) is 3.71. The molecule has 4 aromatic carbocycles. The molecule has 0 fully saturated rings. The van der Waals surface area contributed by atoms with E-state index in [1.807, 2.05) is 36.4 Å². The number of rotatable bonds is 3. The second-order valence-corrected chi connectivity index (χ2v) is 6.96. The highest BCUT2D eigenvalue weighted by Crippen LogP contribution is 2.28. The van der Waals surface area contributed by atoms with Crippen molar-refractivity contribution < 1.29 is 13.9 Å². The number of nitrogens with one attached hydrogen (secondary N) is 1. The summed E-state index contributed by atoms with van der Waals surface area (Å²) in [5.41, 5.74) is 1.74. The number of benzene rings is 4. The molecule has 0 atom stereocenters. The molecule has 1 amide bonds. The quantitative estimate of drug-likeness (QED) is 0.418. The van der Waals surface area contributed by atoms with Gasteiger partial charge in [0.15, 0.2) is 11.3 Å². The second-order valence-electron chi connectivity index (χ2n) is 6.96. The predicted octanol–water partition coefficient (Wildman–Crippen LogP) is 5.36. The van der Waals surface area contributed by atoms with E-state index in [0.717, 1.165) is 10.8 Å². The van der Waals surface area contributed by atoms with Crippen LogP contribution < -0.4 is 15.5 Å². The van der Waals surface area contributed by atoms with Crippen molar-refractivity contribution in [1.82, 2.24) is 0 Å². The van der Waals surface area contributed by atoms with E-state index < -0.39 is 0 Å². The molecule has 1 heterocycles. The van der Waals surface area contributed by atoms with Gasteiger partial charge in [0.25, 0.3) is 5.91 Å². The van der Waals surface area contributed by atoms with Crippen molar-refractivity contribution in [2.45, 2.75) is 0 Å². The normalized spacial score (nSPS) is 11.1. The Bertz CT molecular complexity index is 1500. The Labute approximate surface area is 171 Å². The zero-order chi connectivity index (χ0) is 20.7. The molecule has 0 unspecified atom stereocenters. The third-order valence-corrected chi connectivity index (χ3v) is 5.17. The van der Waals surface area contributed by atoms with E-state index in [2.05, 4.69) is 5.32 Å². The Kier molecular flexibility index (Phi) is 4.21. The van der Waals surface area contributed by atoms with Crippen LogP contribution in [-0.4, -0.2) is 13.0 Å². The van der Waals surface area contributed by atoms with Gasteiger partial charge in [-0.05, 0) is 41.1 Å². The lowest BCUT2D eigenvalue weighted by Gasteiger charge is -2.10. The van der Waals surface area contributed by atoms with Crippen LogP contribution >= 0.6 is 0 Å². The number of ether oxygens (including phenoxy) is 1. The number of carbonyl (C=O) groups is 1. The van der Waals surface area contributed by atoms with E-state index in [1.165, 1.54) is 7.11 Å². The lowest BCUT2D eigenvalue weighted by Crippen LogP contribution is -2.12. The Morgan fingerprint density at radius 1 is 0.867 bits per heavy atom. The monoisotopic (exact) mass is 395 g/mol. The van der Waals surface area contributed by atoms with Crippen LogP contribution in [0.2, 0.25) is 0 Å². The molecule has 0 aliphatic carbocycles. The predicted molar refractivity (Wildman–Crippen MR) is 118 cm³/mol. The van der Waals surface area contributed by atoms with Gasteiger partial charge in [-0.15, -0.1) is 0 Å². The van der Waals surface area contributed by atoms with Gasteiger partial charge in [-0.1, -0.05) is 42.5 Å². The van der Waals surface area contributed by atoms with Crippen molar-refractivity contribution in [3.8, 4) is 5.75 Å². The first kappa shape index (κ1) is 17.9. The zero-order valence-corrected chi connectivity index (χ0v) is 16.1. The van der Waals surface area contributed by atoms with Crippen LogP contribution in [0.3, 0.4) is 0 Å². The maximum Gasteiger partial charge on any atom is 0.256 e. The smallest absolute Gasteiger partial charge is 0.256 e. The van der Waals surface area contributed by atoms with Crippen molar-refractivity contribution >= 4 is 44.3 Å². The van der Waals surface area contributed by atoms with Gasteiger partial charge in [0.2, 0.25) is 5.43 Å². The Morgan fingerprint density at radius 3 is 2.50 bits per heavy atom. The molecule has 0 saturated carbocycles. The van der Waals surface area contributed by atoms with E-state index in [0.29, 0.717) is 38.9 Å². The highest BCUT2D eigenvalue weighted by Gasteiger charge is 2.14. The highest BCUT2D eigenvalue weighted by molar-refractivity contribution is 6.13. The Morgan fingerprint density at radius 2 is 1.63 bits per heavy atom. The van der Waals surface area contributed by atoms with Crippen LogP contribution in [0.5, 0.6) is 5.75 Å². The molecule has 5 heteroatoms. The van der Waals surface area contributed by atoms with E-state index in [9.17, 15) is 9.59 Å². The number of amides is 1. The van der Waals surface area contributed by atoms with E-state index >= 15 is 0 Å². The molecule has 1 aromatic heterocycles. The average molecular weight is 395 g/mol.